The van der Waals surface area contributed by atoms with E-state index in [1.54, 1.807) is 7.11 Å². The molecule has 17 heavy (non-hydrogen) atoms. The predicted octanol–water partition coefficient (Wildman–Crippen LogP) is 2.16. The van der Waals surface area contributed by atoms with Gasteiger partial charge >= 0.3 is 0 Å². The van der Waals surface area contributed by atoms with Gasteiger partial charge < -0.3 is 15.4 Å². The summed E-state index contributed by atoms with van der Waals surface area (Å²) in [6.45, 7) is 4.69. The summed E-state index contributed by atoms with van der Waals surface area (Å²) in [7, 11) is 1.72. The fourth-order valence-corrected chi connectivity index (χ4v) is 1.93. The average Bonchev–Trinajstić information content (AvgIpc) is 2.35. The lowest BCUT2D eigenvalue weighted by Gasteiger charge is -2.07. The lowest BCUT2D eigenvalue weighted by molar-refractivity contribution is 0.199. The normalized spacial score (nSPS) is 10.7. The third kappa shape index (κ3) is 6.78. The van der Waals surface area contributed by atoms with Crippen LogP contribution in [0.1, 0.15) is 12.0 Å². The van der Waals surface area contributed by atoms with E-state index in [-0.39, 0.29) is 0 Å². The minimum absolute atomic E-state index is 0.782. The maximum Gasteiger partial charge on any atom is 0.0587 e. The maximum absolute atomic E-state index is 4.96. The monoisotopic (exact) mass is 300 g/mol. The average molecular weight is 301 g/mol. The van der Waals surface area contributed by atoms with Crippen LogP contribution in [0.25, 0.3) is 0 Å². The molecule has 0 fully saturated rings. The van der Waals surface area contributed by atoms with E-state index < -0.39 is 0 Å². The molecule has 0 aliphatic carbocycles. The van der Waals surface area contributed by atoms with Crippen LogP contribution in [-0.2, 0) is 11.3 Å². The van der Waals surface area contributed by atoms with E-state index >= 15 is 0 Å². The standard InChI is InChI=1S/C13H21BrN2O/c1-17-10-9-15-7-4-8-16-11-12-5-2-3-6-13(12)14/h2-3,5-6,15-16H,4,7-11H2,1H3. The molecule has 1 aromatic carbocycles. The van der Waals surface area contributed by atoms with Crippen LogP contribution in [0.15, 0.2) is 28.7 Å². The van der Waals surface area contributed by atoms with Gasteiger partial charge in [0.15, 0.2) is 0 Å². The van der Waals surface area contributed by atoms with Gasteiger partial charge in [-0.25, -0.2) is 0 Å². The van der Waals surface area contributed by atoms with Crippen molar-refractivity contribution in [3.05, 3.63) is 34.3 Å². The Morgan fingerprint density at radius 2 is 1.88 bits per heavy atom. The van der Waals surface area contributed by atoms with E-state index in [0.717, 1.165) is 39.2 Å². The smallest absolute Gasteiger partial charge is 0.0587 e. The van der Waals surface area contributed by atoms with Crippen molar-refractivity contribution < 1.29 is 4.74 Å². The van der Waals surface area contributed by atoms with E-state index in [9.17, 15) is 0 Å². The van der Waals surface area contributed by atoms with Gasteiger partial charge in [0.25, 0.3) is 0 Å². The molecule has 0 spiro atoms. The first-order valence-corrected chi connectivity index (χ1v) is 6.77. The largest absolute Gasteiger partial charge is 0.383 e. The molecule has 0 amide bonds. The molecule has 0 radical (unpaired) electrons. The van der Waals surface area contributed by atoms with Crippen LogP contribution in [0.3, 0.4) is 0 Å². The van der Waals surface area contributed by atoms with Crippen molar-refractivity contribution in [2.24, 2.45) is 0 Å². The molecule has 3 nitrogen and oxygen atoms in total. The number of ether oxygens (including phenoxy) is 1. The highest BCUT2D eigenvalue weighted by molar-refractivity contribution is 9.10. The van der Waals surface area contributed by atoms with Gasteiger partial charge in [-0.3, -0.25) is 0 Å². The van der Waals surface area contributed by atoms with Crippen molar-refractivity contribution in [1.82, 2.24) is 10.6 Å². The summed E-state index contributed by atoms with van der Waals surface area (Å²) in [5, 5.41) is 6.75. The van der Waals surface area contributed by atoms with Gasteiger partial charge in [0, 0.05) is 24.7 Å². The quantitative estimate of drug-likeness (QED) is 0.686. The van der Waals surface area contributed by atoms with Crippen molar-refractivity contribution in [1.29, 1.82) is 0 Å². The number of benzene rings is 1. The first-order chi connectivity index (χ1) is 8.34. The van der Waals surface area contributed by atoms with E-state index in [2.05, 4.69) is 44.8 Å². The number of halogens is 1. The Labute approximate surface area is 112 Å². The van der Waals surface area contributed by atoms with Crippen LogP contribution in [0.4, 0.5) is 0 Å². The van der Waals surface area contributed by atoms with Crippen LogP contribution in [0.2, 0.25) is 0 Å². The molecule has 4 heteroatoms. The van der Waals surface area contributed by atoms with Gasteiger partial charge in [0.05, 0.1) is 6.61 Å². The highest BCUT2D eigenvalue weighted by Gasteiger charge is 1.96. The SMILES string of the molecule is COCCNCCCNCc1ccccc1Br. The number of nitrogens with one attached hydrogen (secondary N) is 2. The fourth-order valence-electron chi connectivity index (χ4n) is 1.50. The molecule has 0 heterocycles. The van der Waals surface area contributed by atoms with Crippen molar-refractivity contribution in [2.75, 3.05) is 33.4 Å². The molecule has 96 valence electrons. The van der Waals surface area contributed by atoms with Gasteiger partial charge in [0.1, 0.15) is 0 Å². The lowest BCUT2D eigenvalue weighted by atomic mass is 10.2. The second kappa shape index (κ2) is 9.59. The predicted molar refractivity (Wildman–Crippen MR) is 75.2 cm³/mol. The molecule has 0 saturated carbocycles. The zero-order valence-electron chi connectivity index (χ0n) is 10.3. The number of hydrogen-bond acceptors (Lipinski definition) is 3. The van der Waals surface area contributed by atoms with Crippen LogP contribution in [0, 0.1) is 0 Å². The molecular formula is C13H21BrN2O. The fraction of sp³-hybridized carbons (Fsp3) is 0.538. The minimum atomic E-state index is 0.782. The molecule has 0 unspecified atom stereocenters. The summed E-state index contributed by atoms with van der Waals surface area (Å²) in [4.78, 5) is 0. The Kier molecular flexibility index (Phi) is 8.26. The van der Waals surface area contributed by atoms with Gasteiger partial charge in [0.2, 0.25) is 0 Å². The highest BCUT2D eigenvalue weighted by atomic mass is 79.9. The molecule has 2 N–H and O–H groups in total. The van der Waals surface area contributed by atoms with E-state index in [4.69, 9.17) is 4.74 Å². The molecule has 0 atom stereocenters. The minimum Gasteiger partial charge on any atom is -0.383 e. The number of hydrogen-bond donors (Lipinski definition) is 2. The van der Waals surface area contributed by atoms with Crippen LogP contribution in [0.5, 0.6) is 0 Å². The summed E-state index contributed by atoms with van der Waals surface area (Å²) in [6.07, 6.45) is 1.13. The van der Waals surface area contributed by atoms with Crippen molar-refractivity contribution in [2.45, 2.75) is 13.0 Å². The summed E-state index contributed by atoms with van der Waals surface area (Å²) in [5.74, 6) is 0. The van der Waals surface area contributed by atoms with E-state index in [0.29, 0.717) is 0 Å². The van der Waals surface area contributed by atoms with Crippen LogP contribution < -0.4 is 10.6 Å². The molecular weight excluding hydrogens is 280 g/mol. The van der Waals surface area contributed by atoms with Crippen LogP contribution in [-0.4, -0.2) is 33.4 Å². The van der Waals surface area contributed by atoms with Gasteiger partial charge in [-0.2, -0.15) is 0 Å². The zero-order chi connectivity index (χ0) is 12.3. The first kappa shape index (κ1) is 14.6. The third-order valence-electron chi connectivity index (χ3n) is 2.46. The molecule has 0 bridgehead atoms. The summed E-state index contributed by atoms with van der Waals surface area (Å²) in [6, 6.07) is 8.30. The summed E-state index contributed by atoms with van der Waals surface area (Å²) < 4.78 is 6.13. The van der Waals surface area contributed by atoms with Crippen molar-refractivity contribution in [3.63, 3.8) is 0 Å². The maximum atomic E-state index is 4.96. The summed E-state index contributed by atoms with van der Waals surface area (Å²) >= 11 is 3.54. The van der Waals surface area contributed by atoms with Crippen molar-refractivity contribution in [3.8, 4) is 0 Å². The van der Waals surface area contributed by atoms with Crippen LogP contribution >= 0.6 is 15.9 Å². The molecule has 1 rings (SSSR count). The van der Waals surface area contributed by atoms with Gasteiger partial charge in [-0.1, -0.05) is 34.1 Å². The van der Waals surface area contributed by atoms with E-state index in [1.165, 1.54) is 10.0 Å². The molecule has 0 aromatic heterocycles. The second-order valence-corrected chi connectivity index (χ2v) is 4.72. The molecule has 1 aromatic rings. The third-order valence-corrected chi connectivity index (χ3v) is 3.24. The van der Waals surface area contributed by atoms with Crippen molar-refractivity contribution >= 4 is 15.9 Å². The first-order valence-electron chi connectivity index (χ1n) is 5.98. The number of methoxy groups -OCH3 is 1. The second-order valence-electron chi connectivity index (χ2n) is 3.86. The highest BCUT2D eigenvalue weighted by Crippen LogP contribution is 2.14. The number of rotatable bonds is 9. The topological polar surface area (TPSA) is 33.3 Å². The molecule has 0 saturated heterocycles. The Bertz CT molecular complexity index is 307. The Hall–Kier alpha value is -0.420. The van der Waals surface area contributed by atoms with Gasteiger partial charge in [-0.05, 0) is 31.1 Å². The zero-order valence-corrected chi connectivity index (χ0v) is 11.9. The Morgan fingerprint density at radius 3 is 2.65 bits per heavy atom. The molecule has 0 aliphatic rings. The Morgan fingerprint density at radius 1 is 1.12 bits per heavy atom. The van der Waals surface area contributed by atoms with E-state index in [1.807, 2.05) is 6.07 Å². The summed E-state index contributed by atoms with van der Waals surface area (Å²) in [5.41, 5.74) is 1.31. The van der Waals surface area contributed by atoms with Gasteiger partial charge in [-0.15, -0.1) is 0 Å². The lowest BCUT2D eigenvalue weighted by Crippen LogP contribution is -2.24. The molecule has 0 aliphatic heterocycles. The Balaban J connectivity index is 1.99.